The van der Waals surface area contributed by atoms with Crippen LogP contribution in [0.1, 0.15) is 31.2 Å². The molecule has 1 aromatic carbocycles. The zero-order valence-corrected chi connectivity index (χ0v) is 9.52. The Bertz CT molecular complexity index is 471. The van der Waals surface area contributed by atoms with Crippen LogP contribution in [0.4, 0.5) is 4.39 Å². The Kier molecular flexibility index (Phi) is 1.89. The highest BCUT2D eigenvalue weighted by atomic mass is 35.5. The van der Waals surface area contributed by atoms with E-state index in [0.717, 1.165) is 12.8 Å². The summed E-state index contributed by atoms with van der Waals surface area (Å²) >= 11 is 6.03. The molecule has 3 heteroatoms. The number of hydrogen-bond acceptors (Lipinski definition) is 1. The van der Waals surface area contributed by atoms with Gasteiger partial charge in [0.1, 0.15) is 5.82 Å². The number of nitriles is 1. The molecule has 0 unspecified atom stereocenters. The third kappa shape index (κ3) is 1.21. The Morgan fingerprint density at radius 3 is 2.50 bits per heavy atom. The van der Waals surface area contributed by atoms with Crippen LogP contribution in [0.5, 0.6) is 0 Å². The second-order valence-electron chi connectivity index (χ2n) is 5.14. The molecule has 2 fully saturated rings. The van der Waals surface area contributed by atoms with Gasteiger partial charge < -0.3 is 0 Å². The maximum atomic E-state index is 13.8. The first-order valence-electron chi connectivity index (χ1n) is 5.47. The lowest BCUT2D eigenvalue weighted by Gasteiger charge is -2.44. The molecule has 0 atom stereocenters. The van der Waals surface area contributed by atoms with Gasteiger partial charge in [-0.3, -0.25) is 0 Å². The van der Waals surface area contributed by atoms with E-state index in [0.29, 0.717) is 16.0 Å². The number of nitrogens with zero attached hydrogens (tertiary/aromatic N) is 1. The molecule has 1 spiro atoms. The molecule has 0 bridgehead atoms. The van der Waals surface area contributed by atoms with Gasteiger partial charge in [-0.05, 0) is 43.2 Å². The van der Waals surface area contributed by atoms with Gasteiger partial charge in [-0.15, -0.1) is 0 Å². The van der Waals surface area contributed by atoms with E-state index in [4.69, 9.17) is 11.6 Å². The molecule has 0 N–H and O–H groups in total. The monoisotopic (exact) mass is 235 g/mol. The summed E-state index contributed by atoms with van der Waals surface area (Å²) in [5.74, 6) is -0.343. The van der Waals surface area contributed by atoms with Crippen LogP contribution < -0.4 is 0 Å². The van der Waals surface area contributed by atoms with Crippen LogP contribution in [-0.4, -0.2) is 0 Å². The predicted octanol–water partition coefficient (Wildman–Crippen LogP) is 3.81. The second-order valence-corrected chi connectivity index (χ2v) is 5.55. The van der Waals surface area contributed by atoms with Crippen LogP contribution in [0.15, 0.2) is 18.2 Å². The summed E-state index contributed by atoms with van der Waals surface area (Å²) in [6.07, 6.45) is 3.92. The fourth-order valence-electron chi connectivity index (χ4n) is 3.03. The molecule has 0 radical (unpaired) electrons. The molecule has 2 aliphatic carbocycles. The number of rotatable bonds is 1. The van der Waals surface area contributed by atoms with Gasteiger partial charge in [-0.2, -0.15) is 5.26 Å². The molecular formula is C13H11ClFN. The zero-order chi connectivity index (χ0) is 11.4. The molecule has 16 heavy (non-hydrogen) atoms. The summed E-state index contributed by atoms with van der Waals surface area (Å²) < 4.78 is 13.8. The highest BCUT2D eigenvalue weighted by Crippen LogP contribution is 2.69. The van der Waals surface area contributed by atoms with E-state index >= 15 is 0 Å². The SMILES string of the molecule is N#CC1(c2c(F)cccc2Cl)CC2(CC2)C1. The van der Waals surface area contributed by atoms with Crippen molar-refractivity contribution in [2.75, 3.05) is 0 Å². The van der Waals surface area contributed by atoms with Gasteiger partial charge in [0, 0.05) is 10.6 Å². The maximum Gasteiger partial charge on any atom is 0.129 e. The zero-order valence-electron chi connectivity index (χ0n) is 8.76. The molecular weight excluding hydrogens is 225 g/mol. The van der Waals surface area contributed by atoms with E-state index in [9.17, 15) is 9.65 Å². The lowest BCUT2D eigenvalue weighted by molar-refractivity contribution is 0.168. The Labute approximate surface area is 98.8 Å². The molecule has 0 heterocycles. The molecule has 0 aliphatic heterocycles. The topological polar surface area (TPSA) is 23.8 Å². The van der Waals surface area contributed by atoms with Crippen molar-refractivity contribution >= 4 is 11.6 Å². The Hall–Kier alpha value is -1.07. The van der Waals surface area contributed by atoms with Crippen molar-refractivity contribution in [1.82, 2.24) is 0 Å². The Morgan fingerprint density at radius 2 is 2.00 bits per heavy atom. The Morgan fingerprint density at radius 1 is 1.31 bits per heavy atom. The maximum absolute atomic E-state index is 13.8. The van der Waals surface area contributed by atoms with Gasteiger partial charge >= 0.3 is 0 Å². The van der Waals surface area contributed by atoms with Gasteiger partial charge in [0.15, 0.2) is 0 Å². The molecule has 1 aromatic rings. The molecule has 82 valence electrons. The second kappa shape index (κ2) is 2.99. The van der Waals surface area contributed by atoms with Gasteiger partial charge in [-0.25, -0.2) is 4.39 Å². The first-order chi connectivity index (χ1) is 7.61. The van der Waals surface area contributed by atoms with E-state index in [-0.39, 0.29) is 5.82 Å². The molecule has 2 aliphatic rings. The van der Waals surface area contributed by atoms with Crippen LogP contribution in [0, 0.1) is 22.6 Å². The van der Waals surface area contributed by atoms with Crippen LogP contribution in [-0.2, 0) is 5.41 Å². The van der Waals surface area contributed by atoms with Crippen LogP contribution in [0.3, 0.4) is 0 Å². The summed E-state index contributed by atoms with van der Waals surface area (Å²) in [7, 11) is 0. The van der Waals surface area contributed by atoms with Crippen LogP contribution >= 0.6 is 11.6 Å². The van der Waals surface area contributed by atoms with Gasteiger partial charge in [0.05, 0.1) is 11.5 Å². The van der Waals surface area contributed by atoms with Crippen LogP contribution in [0.2, 0.25) is 5.02 Å². The third-order valence-electron chi connectivity index (χ3n) is 3.97. The van der Waals surface area contributed by atoms with E-state index in [1.54, 1.807) is 12.1 Å². The fourth-order valence-corrected chi connectivity index (χ4v) is 3.37. The van der Waals surface area contributed by atoms with Crippen molar-refractivity contribution in [1.29, 1.82) is 5.26 Å². The minimum atomic E-state index is -0.668. The number of halogens is 2. The molecule has 1 nitrogen and oxygen atoms in total. The highest BCUT2D eigenvalue weighted by Gasteiger charge is 2.63. The fraction of sp³-hybridized carbons (Fsp3) is 0.462. The van der Waals surface area contributed by atoms with Crippen molar-refractivity contribution in [3.05, 3.63) is 34.6 Å². The third-order valence-corrected chi connectivity index (χ3v) is 4.28. The summed E-state index contributed by atoms with van der Waals surface area (Å²) in [5.41, 5.74) is 0.0944. The largest absolute Gasteiger partial charge is 0.207 e. The highest BCUT2D eigenvalue weighted by molar-refractivity contribution is 6.31. The molecule has 0 saturated heterocycles. The van der Waals surface area contributed by atoms with Crippen molar-refractivity contribution in [3.63, 3.8) is 0 Å². The quantitative estimate of drug-likeness (QED) is 0.726. The van der Waals surface area contributed by atoms with E-state index in [1.165, 1.54) is 18.9 Å². The predicted molar refractivity (Wildman–Crippen MR) is 59.6 cm³/mol. The average molecular weight is 236 g/mol. The lowest BCUT2D eigenvalue weighted by Crippen LogP contribution is -2.42. The normalized spacial score (nSPS) is 23.6. The van der Waals surface area contributed by atoms with Crippen molar-refractivity contribution < 1.29 is 4.39 Å². The summed E-state index contributed by atoms with van der Waals surface area (Å²) in [4.78, 5) is 0. The van der Waals surface area contributed by atoms with Crippen molar-refractivity contribution in [2.24, 2.45) is 5.41 Å². The van der Waals surface area contributed by atoms with Gasteiger partial charge in [0.25, 0.3) is 0 Å². The van der Waals surface area contributed by atoms with E-state index < -0.39 is 5.41 Å². The number of hydrogen-bond donors (Lipinski definition) is 0. The van der Waals surface area contributed by atoms with Crippen LogP contribution in [0.25, 0.3) is 0 Å². The van der Waals surface area contributed by atoms with Crippen molar-refractivity contribution in [2.45, 2.75) is 31.1 Å². The average Bonchev–Trinajstić information content (AvgIpc) is 2.96. The molecule has 0 aromatic heterocycles. The van der Waals surface area contributed by atoms with E-state index in [1.807, 2.05) is 0 Å². The van der Waals surface area contributed by atoms with Crippen molar-refractivity contribution in [3.8, 4) is 6.07 Å². The lowest BCUT2D eigenvalue weighted by atomic mass is 9.57. The number of benzene rings is 1. The summed E-state index contributed by atoms with van der Waals surface area (Å²) in [6, 6.07) is 6.92. The first-order valence-corrected chi connectivity index (χ1v) is 5.84. The van der Waals surface area contributed by atoms with Gasteiger partial charge in [-0.1, -0.05) is 17.7 Å². The minimum Gasteiger partial charge on any atom is -0.207 e. The molecule has 0 amide bonds. The smallest absolute Gasteiger partial charge is 0.129 e. The summed E-state index contributed by atoms with van der Waals surface area (Å²) in [5, 5.41) is 9.71. The standard InChI is InChI=1S/C13H11ClFN/c14-9-2-1-3-10(15)11(9)13(8-16)6-12(7-13)4-5-12/h1-3H,4-7H2. The minimum absolute atomic E-state index is 0.343. The first kappa shape index (κ1) is 10.1. The molecule has 2 saturated carbocycles. The van der Waals surface area contributed by atoms with Gasteiger partial charge in [0.2, 0.25) is 0 Å². The summed E-state index contributed by atoms with van der Waals surface area (Å²) in [6.45, 7) is 0. The van der Waals surface area contributed by atoms with E-state index in [2.05, 4.69) is 6.07 Å². The molecule has 3 rings (SSSR count). The Balaban J connectivity index is 2.05.